The SMILES string of the molecule is N#CC1C(=O)C2CCCCC2NC1O. The number of Topliss-reactive ketones (excluding diaryl/α,β-unsaturated/α-hetero) is 1. The molecule has 0 radical (unpaired) electrons. The van der Waals surface area contributed by atoms with Gasteiger partial charge in [-0.2, -0.15) is 5.26 Å². The maximum atomic E-state index is 11.8. The lowest BCUT2D eigenvalue weighted by molar-refractivity contribution is -0.136. The normalized spacial score (nSPS) is 42.7. The molecule has 2 fully saturated rings. The van der Waals surface area contributed by atoms with Gasteiger partial charge in [-0.1, -0.05) is 12.8 Å². The zero-order valence-electron chi connectivity index (χ0n) is 7.94. The second kappa shape index (κ2) is 3.68. The van der Waals surface area contributed by atoms with Crippen LogP contribution in [0, 0.1) is 23.2 Å². The van der Waals surface area contributed by atoms with Crippen LogP contribution >= 0.6 is 0 Å². The molecule has 0 aromatic carbocycles. The van der Waals surface area contributed by atoms with Crippen LogP contribution in [0.1, 0.15) is 25.7 Å². The molecular weight excluding hydrogens is 180 g/mol. The summed E-state index contributed by atoms with van der Waals surface area (Å²) >= 11 is 0. The van der Waals surface area contributed by atoms with Gasteiger partial charge in [0.2, 0.25) is 0 Å². The highest BCUT2D eigenvalue weighted by atomic mass is 16.3. The lowest BCUT2D eigenvalue weighted by Gasteiger charge is -2.39. The minimum atomic E-state index is -0.966. The first-order chi connectivity index (χ1) is 6.74. The number of carbonyl (C=O) groups is 1. The average molecular weight is 194 g/mol. The highest BCUT2D eigenvalue weighted by molar-refractivity contribution is 5.87. The van der Waals surface area contributed by atoms with Gasteiger partial charge in [-0.3, -0.25) is 10.1 Å². The van der Waals surface area contributed by atoms with Gasteiger partial charge in [0.1, 0.15) is 12.1 Å². The molecule has 0 spiro atoms. The predicted octanol–water partition coefficient (Wildman–Crippen LogP) is 0.176. The Kier molecular flexibility index (Phi) is 2.53. The molecule has 0 bridgehead atoms. The fourth-order valence-corrected chi connectivity index (χ4v) is 2.51. The number of carbonyl (C=O) groups excluding carboxylic acids is 1. The standard InChI is InChI=1S/C10H14N2O2/c11-5-7-9(13)6-3-1-2-4-8(6)12-10(7)14/h6-8,10,12,14H,1-4H2. The van der Waals surface area contributed by atoms with Crippen LogP contribution in [0.2, 0.25) is 0 Å². The summed E-state index contributed by atoms with van der Waals surface area (Å²) < 4.78 is 0. The molecule has 2 N–H and O–H groups in total. The van der Waals surface area contributed by atoms with Crippen molar-refractivity contribution < 1.29 is 9.90 Å². The largest absolute Gasteiger partial charge is 0.377 e. The third-order valence-corrected chi connectivity index (χ3v) is 3.28. The third-order valence-electron chi connectivity index (χ3n) is 3.28. The molecular formula is C10H14N2O2. The maximum absolute atomic E-state index is 11.8. The molecule has 1 aliphatic heterocycles. The van der Waals surface area contributed by atoms with Crippen LogP contribution < -0.4 is 5.32 Å². The molecule has 1 saturated carbocycles. The van der Waals surface area contributed by atoms with Crippen LogP contribution in [-0.2, 0) is 4.79 Å². The van der Waals surface area contributed by atoms with E-state index in [0.29, 0.717) is 0 Å². The van der Waals surface area contributed by atoms with Gasteiger partial charge in [0, 0.05) is 12.0 Å². The Morgan fingerprint density at radius 1 is 1.43 bits per heavy atom. The van der Waals surface area contributed by atoms with Crippen molar-refractivity contribution in [3.8, 4) is 6.07 Å². The molecule has 1 aliphatic carbocycles. The Balaban J connectivity index is 2.17. The topological polar surface area (TPSA) is 73.1 Å². The van der Waals surface area contributed by atoms with E-state index in [9.17, 15) is 9.90 Å². The van der Waals surface area contributed by atoms with Crippen molar-refractivity contribution in [3.63, 3.8) is 0 Å². The monoisotopic (exact) mass is 194 g/mol. The van der Waals surface area contributed by atoms with Gasteiger partial charge in [-0.15, -0.1) is 0 Å². The summed E-state index contributed by atoms with van der Waals surface area (Å²) in [6, 6.07) is 1.97. The van der Waals surface area contributed by atoms with Gasteiger partial charge in [-0.25, -0.2) is 0 Å². The van der Waals surface area contributed by atoms with Gasteiger partial charge < -0.3 is 5.11 Å². The van der Waals surface area contributed by atoms with Gasteiger partial charge >= 0.3 is 0 Å². The van der Waals surface area contributed by atoms with Crippen LogP contribution in [0.4, 0.5) is 0 Å². The molecule has 2 rings (SSSR count). The molecule has 1 heterocycles. The number of nitrogens with zero attached hydrogens (tertiary/aromatic N) is 1. The average Bonchev–Trinajstić information content (AvgIpc) is 2.18. The molecule has 4 atom stereocenters. The van der Waals surface area contributed by atoms with E-state index in [1.54, 1.807) is 0 Å². The molecule has 2 aliphatic rings. The molecule has 76 valence electrons. The maximum Gasteiger partial charge on any atom is 0.158 e. The van der Waals surface area contributed by atoms with E-state index in [0.717, 1.165) is 25.7 Å². The number of fused-ring (bicyclic) bond motifs is 1. The number of aliphatic hydroxyl groups excluding tert-OH is 1. The molecule has 1 saturated heterocycles. The first-order valence-electron chi connectivity index (χ1n) is 5.11. The number of aliphatic hydroxyl groups is 1. The summed E-state index contributed by atoms with van der Waals surface area (Å²) in [6.07, 6.45) is 2.99. The van der Waals surface area contributed by atoms with Crippen LogP contribution in [0.25, 0.3) is 0 Å². The van der Waals surface area contributed by atoms with Gasteiger partial charge in [-0.05, 0) is 12.8 Å². The second-order valence-corrected chi connectivity index (χ2v) is 4.12. The summed E-state index contributed by atoms with van der Waals surface area (Å²) in [6.45, 7) is 0. The van der Waals surface area contributed by atoms with Gasteiger partial charge in [0.15, 0.2) is 5.78 Å². The number of nitriles is 1. The molecule has 4 nitrogen and oxygen atoms in total. The van der Waals surface area contributed by atoms with Crippen molar-refractivity contribution in [2.45, 2.75) is 38.0 Å². The van der Waals surface area contributed by atoms with Crippen LogP contribution in [0.15, 0.2) is 0 Å². The Bertz CT molecular complexity index is 284. The molecule has 4 heteroatoms. The lowest BCUT2D eigenvalue weighted by atomic mass is 9.75. The number of hydrogen-bond donors (Lipinski definition) is 2. The zero-order valence-corrected chi connectivity index (χ0v) is 7.94. The number of rotatable bonds is 0. The fourth-order valence-electron chi connectivity index (χ4n) is 2.51. The van der Waals surface area contributed by atoms with Crippen molar-refractivity contribution in [1.29, 1.82) is 5.26 Å². The second-order valence-electron chi connectivity index (χ2n) is 4.12. The van der Waals surface area contributed by atoms with Crippen LogP contribution in [0.3, 0.4) is 0 Å². The summed E-state index contributed by atoms with van der Waals surface area (Å²) in [5, 5.41) is 21.2. The number of ketones is 1. The fraction of sp³-hybridized carbons (Fsp3) is 0.800. The quantitative estimate of drug-likeness (QED) is 0.576. The molecule has 0 aromatic rings. The van der Waals surface area contributed by atoms with Crippen LogP contribution in [-0.4, -0.2) is 23.2 Å². The first kappa shape index (κ1) is 9.63. The summed E-state index contributed by atoms with van der Waals surface area (Å²) in [5.41, 5.74) is 0. The highest BCUT2D eigenvalue weighted by Gasteiger charge is 2.43. The molecule has 0 aromatic heterocycles. The Labute approximate surface area is 82.9 Å². The predicted molar refractivity (Wildman–Crippen MR) is 49.0 cm³/mol. The number of hydrogen-bond acceptors (Lipinski definition) is 4. The van der Waals surface area contributed by atoms with E-state index < -0.39 is 12.1 Å². The Morgan fingerprint density at radius 2 is 2.14 bits per heavy atom. The van der Waals surface area contributed by atoms with Crippen molar-refractivity contribution in [3.05, 3.63) is 0 Å². The lowest BCUT2D eigenvalue weighted by Crippen LogP contribution is -2.57. The summed E-state index contributed by atoms with van der Waals surface area (Å²) in [5.74, 6) is -0.977. The molecule has 0 amide bonds. The Hall–Kier alpha value is -0.920. The van der Waals surface area contributed by atoms with E-state index in [1.165, 1.54) is 0 Å². The molecule has 4 unspecified atom stereocenters. The summed E-state index contributed by atoms with van der Waals surface area (Å²) in [4.78, 5) is 11.8. The highest BCUT2D eigenvalue weighted by Crippen LogP contribution is 2.31. The molecule has 14 heavy (non-hydrogen) atoms. The zero-order chi connectivity index (χ0) is 10.1. The first-order valence-corrected chi connectivity index (χ1v) is 5.11. The van der Waals surface area contributed by atoms with Gasteiger partial charge in [0.05, 0.1) is 6.07 Å². The number of piperidine rings is 1. The van der Waals surface area contributed by atoms with E-state index in [1.807, 2.05) is 6.07 Å². The van der Waals surface area contributed by atoms with Crippen molar-refractivity contribution >= 4 is 5.78 Å². The van der Waals surface area contributed by atoms with E-state index in [2.05, 4.69) is 5.32 Å². The third kappa shape index (κ3) is 1.43. The minimum absolute atomic E-state index is 0.0446. The van der Waals surface area contributed by atoms with E-state index >= 15 is 0 Å². The van der Waals surface area contributed by atoms with Crippen molar-refractivity contribution in [1.82, 2.24) is 5.32 Å². The smallest absolute Gasteiger partial charge is 0.158 e. The van der Waals surface area contributed by atoms with Gasteiger partial charge in [0.25, 0.3) is 0 Å². The number of nitrogens with one attached hydrogen (secondary N) is 1. The van der Waals surface area contributed by atoms with E-state index in [-0.39, 0.29) is 17.7 Å². The van der Waals surface area contributed by atoms with Crippen LogP contribution in [0.5, 0.6) is 0 Å². The van der Waals surface area contributed by atoms with Crippen molar-refractivity contribution in [2.75, 3.05) is 0 Å². The van der Waals surface area contributed by atoms with E-state index in [4.69, 9.17) is 5.26 Å². The minimum Gasteiger partial charge on any atom is -0.377 e. The Morgan fingerprint density at radius 3 is 2.86 bits per heavy atom. The summed E-state index contributed by atoms with van der Waals surface area (Å²) in [7, 11) is 0. The van der Waals surface area contributed by atoms with Crippen molar-refractivity contribution in [2.24, 2.45) is 11.8 Å².